The van der Waals surface area contributed by atoms with E-state index in [1.54, 1.807) is 19.2 Å². The quantitative estimate of drug-likeness (QED) is 0.874. The maximum absolute atomic E-state index is 13.3. The van der Waals surface area contributed by atoms with Gasteiger partial charge in [0.25, 0.3) is 5.91 Å². The van der Waals surface area contributed by atoms with Crippen LogP contribution in [0, 0.1) is 11.7 Å². The number of aromatic nitrogens is 1. The van der Waals surface area contributed by atoms with Crippen LogP contribution in [0.25, 0.3) is 16.5 Å². The molecule has 1 aliphatic carbocycles. The van der Waals surface area contributed by atoms with E-state index in [-0.39, 0.29) is 17.6 Å². The summed E-state index contributed by atoms with van der Waals surface area (Å²) in [5, 5.41) is 3.47. The van der Waals surface area contributed by atoms with Gasteiger partial charge in [-0.2, -0.15) is 0 Å². The second-order valence-electron chi connectivity index (χ2n) is 5.43. The Morgan fingerprint density at radius 1 is 1.23 bits per heavy atom. The van der Waals surface area contributed by atoms with Crippen LogP contribution in [0.3, 0.4) is 0 Å². The number of hydrogen-bond donors (Lipinski definition) is 2. The number of halogens is 1. The Morgan fingerprint density at radius 3 is 2.82 bits per heavy atom. The van der Waals surface area contributed by atoms with Gasteiger partial charge in [-0.05, 0) is 41.8 Å². The first-order valence-corrected chi connectivity index (χ1v) is 7.19. The predicted octanol–water partition coefficient (Wildman–Crippen LogP) is 3.57. The molecule has 0 aliphatic heterocycles. The first-order valence-electron chi connectivity index (χ1n) is 7.19. The Bertz CT molecular complexity index is 827. The molecule has 0 bridgehead atoms. The van der Waals surface area contributed by atoms with E-state index in [0.717, 1.165) is 22.2 Å². The third-order valence-corrected chi connectivity index (χ3v) is 3.71. The molecule has 1 aromatic carbocycles. The molecular weight excluding hydrogens is 279 g/mol. The molecule has 0 radical (unpaired) electrons. The molecule has 0 saturated carbocycles. The summed E-state index contributed by atoms with van der Waals surface area (Å²) < 4.78 is 13.3. The number of likely N-dealkylation sites (N-methyl/N-ethyl adjacent to an activating group) is 1. The maximum atomic E-state index is 13.3. The number of allylic oxidation sites excluding steroid dienone is 4. The van der Waals surface area contributed by atoms with Crippen LogP contribution >= 0.6 is 0 Å². The standard InChI is InChI=1S/C18H17FN2O/c1-11-7-12(3-4-13(8-11)18(22)20-2)17-10-14-9-15(19)5-6-16(14)21-17/h3-11,21H,1-2H3,(H,20,22). The zero-order valence-corrected chi connectivity index (χ0v) is 12.5. The minimum absolute atomic E-state index is 0.100. The van der Waals surface area contributed by atoms with Crippen LogP contribution in [0.15, 0.2) is 54.1 Å². The topological polar surface area (TPSA) is 44.9 Å². The number of fused-ring (bicyclic) bond motifs is 1. The molecule has 3 nitrogen and oxygen atoms in total. The molecule has 4 heteroatoms. The van der Waals surface area contributed by atoms with Gasteiger partial charge in [0.15, 0.2) is 0 Å². The number of hydrogen-bond acceptors (Lipinski definition) is 1. The molecule has 0 saturated heterocycles. The largest absolute Gasteiger partial charge is 0.355 e. The van der Waals surface area contributed by atoms with Crippen molar-refractivity contribution in [1.82, 2.24) is 10.3 Å². The highest BCUT2D eigenvalue weighted by molar-refractivity contribution is 5.97. The van der Waals surface area contributed by atoms with Crippen molar-refractivity contribution in [3.8, 4) is 0 Å². The average Bonchev–Trinajstić information content (AvgIpc) is 2.81. The molecule has 112 valence electrons. The molecule has 1 amide bonds. The van der Waals surface area contributed by atoms with Crippen molar-refractivity contribution >= 4 is 22.4 Å². The second kappa shape index (κ2) is 5.64. The van der Waals surface area contributed by atoms with Gasteiger partial charge in [0, 0.05) is 29.2 Å². The third kappa shape index (κ3) is 2.72. The molecular formula is C18H17FN2O. The molecule has 1 aliphatic rings. The van der Waals surface area contributed by atoms with Crippen molar-refractivity contribution in [2.24, 2.45) is 5.92 Å². The zero-order chi connectivity index (χ0) is 15.7. The molecule has 1 heterocycles. The van der Waals surface area contributed by atoms with Gasteiger partial charge in [-0.15, -0.1) is 0 Å². The fourth-order valence-corrected chi connectivity index (χ4v) is 2.64. The smallest absolute Gasteiger partial charge is 0.250 e. The number of amides is 1. The number of H-pyrrole nitrogens is 1. The summed E-state index contributed by atoms with van der Waals surface area (Å²) in [6.45, 7) is 2.03. The molecule has 2 N–H and O–H groups in total. The minimum atomic E-state index is -0.250. The first kappa shape index (κ1) is 14.3. The first-order chi connectivity index (χ1) is 10.6. The van der Waals surface area contributed by atoms with Gasteiger partial charge in [0.1, 0.15) is 5.82 Å². The summed E-state index contributed by atoms with van der Waals surface area (Å²) in [5.74, 6) is -0.225. The van der Waals surface area contributed by atoms with Crippen molar-refractivity contribution in [3.63, 3.8) is 0 Å². The number of aromatic amines is 1. The van der Waals surface area contributed by atoms with Crippen molar-refractivity contribution in [2.75, 3.05) is 7.05 Å². The molecule has 22 heavy (non-hydrogen) atoms. The van der Waals surface area contributed by atoms with Crippen LogP contribution in [0.1, 0.15) is 12.6 Å². The van der Waals surface area contributed by atoms with E-state index in [0.29, 0.717) is 5.57 Å². The lowest BCUT2D eigenvalue weighted by Gasteiger charge is -2.02. The van der Waals surface area contributed by atoms with E-state index < -0.39 is 0 Å². The zero-order valence-electron chi connectivity index (χ0n) is 12.5. The Hall–Kier alpha value is -2.62. The highest BCUT2D eigenvalue weighted by Gasteiger charge is 2.12. The van der Waals surface area contributed by atoms with Crippen LogP contribution < -0.4 is 5.32 Å². The molecule has 1 unspecified atom stereocenters. The van der Waals surface area contributed by atoms with E-state index in [1.807, 2.05) is 25.1 Å². The summed E-state index contributed by atoms with van der Waals surface area (Å²) in [6, 6.07) is 6.60. The van der Waals surface area contributed by atoms with E-state index in [4.69, 9.17) is 0 Å². The normalized spacial score (nSPS) is 17.9. The van der Waals surface area contributed by atoms with E-state index in [1.165, 1.54) is 12.1 Å². The van der Waals surface area contributed by atoms with E-state index in [2.05, 4.69) is 16.4 Å². The van der Waals surface area contributed by atoms with Crippen LogP contribution in [-0.4, -0.2) is 17.9 Å². The lowest BCUT2D eigenvalue weighted by atomic mass is 10.1. The van der Waals surface area contributed by atoms with Crippen LogP contribution in [-0.2, 0) is 4.79 Å². The van der Waals surface area contributed by atoms with Crippen molar-refractivity contribution in [1.29, 1.82) is 0 Å². The number of carbonyl (C=O) groups is 1. The minimum Gasteiger partial charge on any atom is -0.355 e. The van der Waals surface area contributed by atoms with Gasteiger partial charge in [0.05, 0.1) is 0 Å². The van der Waals surface area contributed by atoms with Crippen molar-refractivity contribution in [2.45, 2.75) is 6.92 Å². The number of carbonyl (C=O) groups excluding carboxylic acids is 1. The van der Waals surface area contributed by atoms with Gasteiger partial charge in [-0.1, -0.05) is 25.2 Å². The fourth-order valence-electron chi connectivity index (χ4n) is 2.64. The maximum Gasteiger partial charge on any atom is 0.250 e. The van der Waals surface area contributed by atoms with E-state index >= 15 is 0 Å². The lowest BCUT2D eigenvalue weighted by Crippen LogP contribution is -2.19. The summed E-state index contributed by atoms with van der Waals surface area (Å²) in [4.78, 5) is 15.1. The SMILES string of the molecule is CNC(=O)C1=CC(C)C=C(c2cc3cc(F)ccc3[nH]2)C=C1. The Balaban J connectivity index is 1.99. The fraction of sp³-hybridized carbons (Fsp3) is 0.167. The highest BCUT2D eigenvalue weighted by Crippen LogP contribution is 2.26. The second-order valence-corrected chi connectivity index (χ2v) is 5.43. The van der Waals surface area contributed by atoms with E-state index in [9.17, 15) is 9.18 Å². The van der Waals surface area contributed by atoms with Gasteiger partial charge in [-0.3, -0.25) is 4.79 Å². The Kier molecular flexibility index (Phi) is 3.67. The monoisotopic (exact) mass is 296 g/mol. The lowest BCUT2D eigenvalue weighted by molar-refractivity contribution is -0.116. The summed E-state index contributed by atoms with van der Waals surface area (Å²) in [7, 11) is 1.62. The van der Waals surface area contributed by atoms with Crippen LogP contribution in [0.5, 0.6) is 0 Å². The Labute approximate surface area is 128 Å². The molecule has 2 aromatic rings. The van der Waals surface area contributed by atoms with Crippen molar-refractivity contribution < 1.29 is 9.18 Å². The number of nitrogens with one attached hydrogen (secondary N) is 2. The molecule has 1 atom stereocenters. The average molecular weight is 296 g/mol. The summed E-state index contributed by atoms with van der Waals surface area (Å²) in [5.41, 5.74) is 3.43. The van der Waals surface area contributed by atoms with Crippen molar-refractivity contribution in [3.05, 3.63) is 65.7 Å². The molecule has 3 rings (SSSR count). The highest BCUT2D eigenvalue weighted by atomic mass is 19.1. The predicted molar refractivity (Wildman–Crippen MR) is 86.7 cm³/mol. The third-order valence-electron chi connectivity index (χ3n) is 3.71. The van der Waals surface area contributed by atoms with Gasteiger partial charge < -0.3 is 10.3 Å². The Morgan fingerprint density at radius 2 is 2.05 bits per heavy atom. The number of benzene rings is 1. The van der Waals surface area contributed by atoms with Gasteiger partial charge in [0.2, 0.25) is 0 Å². The number of rotatable bonds is 2. The molecule has 0 spiro atoms. The van der Waals surface area contributed by atoms with Crippen LogP contribution in [0.2, 0.25) is 0 Å². The van der Waals surface area contributed by atoms with Gasteiger partial charge in [-0.25, -0.2) is 4.39 Å². The summed E-state index contributed by atoms with van der Waals surface area (Å²) in [6.07, 6.45) is 7.71. The molecule has 0 fully saturated rings. The van der Waals surface area contributed by atoms with Crippen LogP contribution in [0.4, 0.5) is 4.39 Å². The molecule has 1 aromatic heterocycles. The van der Waals surface area contributed by atoms with Gasteiger partial charge >= 0.3 is 0 Å². The summed E-state index contributed by atoms with van der Waals surface area (Å²) >= 11 is 0.